The van der Waals surface area contributed by atoms with Crippen molar-refractivity contribution >= 4 is 23.6 Å². The summed E-state index contributed by atoms with van der Waals surface area (Å²) in [5, 5.41) is 4.77. The Morgan fingerprint density at radius 1 is 1.44 bits per heavy atom. The zero-order valence-corrected chi connectivity index (χ0v) is 9.34. The van der Waals surface area contributed by atoms with Gasteiger partial charge in [0.05, 0.1) is 5.56 Å². The number of nitrogens with zero attached hydrogens (tertiary/aromatic N) is 3. The molecule has 16 heavy (non-hydrogen) atoms. The van der Waals surface area contributed by atoms with Crippen LogP contribution in [0.25, 0.3) is 0 Å². The second-order valence-corrected chi connectivity index (χ2v) is 3.32. The molecule has 0 spiro atoms. The fourth-order valence-electron chi connectivity index (χ4n) is 1.04. The Balaban J connectivity index is 3.18. The molecule has 0 saturated heterocycles. The van der Waals surface area contributed by atoms with E-state index in [1.165, 1.54) is 18.3 Å². The van der Waals surface area contributed by atoms with E-state index in [0.29, 0.717) is 0 Å². The predicted octanol–water partition coefficient (Wildman–Crippen LogP) is 3.20. The van der Waals surface area contributed by atoms with Gasteiger partial charge in [-0.3, -0.25) is 5.01 Å². The zero-order valence-electron chi connectivity index (χ0n) is 8.59. The van der Waals surface area contributed by atoms with Crippen molar-refractivity contribution in [1.29, 1.82) is 0 Å². The first-order chi connectivity index (χ1) is 7.34. The quantitative estimate of drug-likeness (QED) is 0.459. The minimum atomic E-state index is -4.45. The summed E-state index contributed by atoms with van der Waals surface area (Å²) >= 11 is 5.51. The van der Waals surface area contributed by atoms with Gasteiger partial charge in [-0.05, 0) is 19.1 Å². The first kappa shape index (κ1) is 12.8. The lowest BCUT2D eigenvalue weighted by atomic mass is 10.2. The molecule has 1 aromatic rings. The topological polar surface area (TPSA) is 28.5 Å². The molecule has 0 unspecified atom stereocenters. The molecule has 1 aromatic heterocycles. The molecule has 0 saturated carbocycles. The maximum absolute atomic E-state index is 12.5. The molecule has 0 aliphatic rings. The smallest absolute Gasteiger partial charge is 0.251 e. The van der Waals surface area contributed by atoms with Gasteiger partial charge < -0.3 is 0 Å². The summed E-state index contributed by atoms with van der Waals surface area (Å²) in [7, 11) is 1.48. The van der Waals surface area contributed by atoms with Crippen molar-refractivity contribution in [1.82, 2.24) is 4.98 Å². The fourth-order valence-corrected chi connectivity index (χ4v) is 1.25. The van der Waals surface area contributed by atoms with Crippen LogP contribution < -0.4 is 5.01 Å². The number of hydrogen-bond donors (Lipinski definition) is 0. The molecule has 7 heteroatoms. The van der Waals surface area contributed by atoms with Gasteiger partial charge in [-0.1, -0.05) is 11.6 Å². The van der Waals surface area contributed by atoms with Crippen molar-refractivity contribution in [2.75, 3.05) is 12.1 Å². The highest BCUT2D eigenvalue weighted by Crippen LogP contribution is 2.32. The van der Waals surface area contributed by atoms with Crippen LogP contribution in [0.5, 0.6) is 0 Å². The van der Waals surface area contributed by atoms with Crippen LogP contribution >= 0.6 is 11.6 Å². The van der Waals surface area contributed by atoms with E-state index >= 15 is 0 Å². The SMILES string of the molecule is C/C=N\N(C)c1cc(C(F)(F)F)cc(Cl)n1. The molecule has 0 N–H and O–H groups in total. The largest absolute Gasteiger partial charge is 0.416 e. The van der Waals surface area contributed by atoms with E-state index in [9.17, 15) is 13.2 Å². The molecule has 0 aromatic carbocycles. The third-order valence-electron chi connectivity index (χ3n) is 1.73. The molecule has 0 amide bonds. The van der Waals surface area contributed by atoms with Crippen molar-refractivity contribution in [3.05, 3.63) is 22.8 Å². The summed E-state index contributed by atoms with van der Waals surface area (Å²) in [5.41, 5.74) is -0.847. The van der Waals surface area contributed by atoms with Crippen LogP contribution in [0.3, 0.4) is 0 Å². The van der Waals surface area contributed by atoms with E-state index in [-0.39, 0.29) is 11.0 Å². The van der Waals surface area contributed by atoms with Crippen LogP contribution in [-0.4, -0.2) is 18.2 Å². The fraction of sp³-hybridized carbons (Fsp3) is 0.333. The van der Waals surface area contributed by atoms with Crippen LogP contribution in [0.4, 0.5) is 19.0 Å². The molecular weight excluding hydrogens is 243 g/mol. The number of hydrogen-bond acceptors (Lipinski definition) is 3. The van der Waals surface area contributed by atoms with Crippen molar-refractivity contribution < 1.29 is 13.2 Å². The molecule has 0 radical (unpaired) electrons. The molecule has 88 valence electrons. The highest BCUT2D eigenvalue weighted by Gasteiger charge is 2.31. The molecular formula is C9H9ClF3N3. The van der Waals surface area contributed by atoms with Gasteiger partial charge in [0.15, 0.2) is 5.82 Å². The highest BCUT2D eigenvalue weighted by atomic mass is 35.5. The van der Waals surface area contributed by atoms with Crippen molar-refractivity contribution in [3.63, 3.8) is 0 Å². The highest BCUT2D eigenvalue weighted by molar-refractivity contribution is 6.29. The normalized spacial score (nSPS) is 12.1. The summed E-state index contributed by atoms with van der Waals surface area (Å²) in [6.07, 6.45) is -3.01. The number of pyridine rings is 1. The number of anilines is 1. The van der Waals surface area contributed by atoms with Gasteiger partial charge in [0.2, 0.25) is 0 Å². The van der Waals surface area contributed by atoms with E-state index in [4.69, 9.17) is 11.6 Å². The summed E-state index contributed by atoms with van der Waals surface area (Å²) in [6.45, 7) is 1.64. The predicted molar refractivity (Wildman–Crippen MR) is 56.8 cm³/mol. The molecule has 0 aliphatic carbocycles. The lowest BCUT2D eigenvalue weighted by Crippen LogP contribution is -2.13. The molecule has 0 fully saturated rings. The number of rotatable bonds is 2. The first-order valence-corrected chi connectivity index (χ1v) is 4.69. The summed E-state index contributed by atoms with van der Waals surface area (Å²) < 4.78 is 37.4. The van der Waals surface area contributed by atoms with Crippen LogP contribution in [0.1, 0.15) is 12.5 Å². The summed E-state index contributed by atoms with van der Waals surface area (Å²) in [4.78, 5) is 3.74. The third-order valence-corrected chi connectivity index (χ3v) is 1.92. The van der Waals surface area contributed by atoms with Crippen molar-refractivity contribution in [2.24, 2.45) is 5.10 Å². The maximum atomic E-state index is 12.5. The Kier molecular flexibility index (Phi) is 3.74. The van der Waals surface area contributed by atoms with Gasteiger partial charge in [-0.25, -0.2) is 4.98 Å². The van der Waals surface area contributed by atoms with Crippen LogP contribution in [-0.2, 0) is 6.18 Å². The number of aromatic nitrogens is 1. The Morgan fingerprint density at radius 2 is 2.06 bits per heavy atom. The molecule has 0 aliphatic heterocycles. The minimum Gasteiger partial charge on any atom is -0.251 e. The van der Waals surface area contributed by atoms with E-state index in [0.717, 1.165) is 12.1 Å². The van der Waals surface area contributed by atoms with Gasteiger partial charge in [-0.15, -0.1) is 0 Å². The summed E-state index contributed by atoms with van der Waals surface area (Å²) in [6, 6.07) is 1.66. The molecule has 0 bridgehead atoms. The van der Waals surface area contributed by atoms with Crippen LogP contribution in [0, 0.1) is 0 Å². The van der Waals surface area contributed by atoms with Crippen molar-refractivity contribution in [3.8, 4) is 0 Å². The van der Waals surface area contributed by atoms with Gasteiger partial charge >= 0.3 is 6.18 Å². The standard InChI is InChI=1S/C9H9ClF3N3/c1-3-14-16(2)8-5-6(9(11,12)13)4-7(10)15-8/h3-5H,1-2H3/b14-3-. The van der Waals surface area contributed by atoms with E-state index in [2.05, 4.69) is 10.1 Å². The van der Waals surface area contributed by atoms with Crippen LogP contribution in [0.2, 0.25) is 5.15 Å². The van der Waals surface area contributed by atoms with Crippen molar-refractivity contribution in [2.45, 2.75) is 13.1 Å². The van der Waals surface area contributed by atoms with Gasteiger partial charge in [0, 0.05) is 13.3 Å². The Bertz CT molecular complexity index is 403. The number of halogens is 4. The average Bonchev–Trinajstić information content (AvgIpc) is 2.16. The Morgan fingerprint density at radius 3 is 2.56 bits per heavy atom. The maximum Gasteiger partial charge on any atom is 0.416 e. The van der Waals surface area contributed by atoms with E-state index in [1.807, 2.05) is 0 Å². The molecule has 1 rings (SSSR count). The van der Waals surface area contributed by atoms with E-state index < -0.39 is 11.7 Å². The second kappa shape index (κ2) is 4.69. The number of hydrazone groups is 1. The Hall–Kier alpha value is -1.30. The molecule has 3 nitrogen and oxygen atoms in total. The first-order valence-electron chi connectivity index (χ1n) is 4.31. The number of alkyl halides is 3. The van der Waals surface area contributed by atoms with Gasteiger partial charge in [-0.2, -0.15) is 18.3 Å². The monoisotopic (exact) mass is 251 g/mol. The molecule has 1 heterocycles. The van der Waals surface area contributed by atoms with Crippen LogP contribution in [0.15, 0.2) is 17.2 Å². The average molecular weight is 252 g/mol. The molecule has 0 atom stereocenters. The second-order valence-electron chi connectivity index (χ2n) is 2.93. The van der Waals surface area contributed by atoms with Gasteiger partial charge in [0.1, 0.15) is 5.15 Å². The lowest BCUT2D eigenvalue weighted by molar-refractivity contribution is -0.137. The zero-order chi connectivity index (χ0) is 12.3. The minimum absolute atomic E-state index is 0.0397. The third kappa shape index (κ3) is 3.10. The van der Waals surface area contributed by atoms with E-state index in [1.54, 1.807) is 6.92 Å². The van der Waals surface area contributed by atoms with Gasteiger partial charge in [0.25, 0.3) is 0 Å². The lowest BCUT2D eigenvalue weighted by Gasteiger charge is -2.14. The summed E-state index contributed by atoms with van der Waals surface area (Å²) in [5.74, 6) is 0.0397. The Labute approximate surface area is 95.5 Å².